The Balaban J connectivity index is 2.53. The minimum Gasteiger partial charge on any atom is -0.496 e. The molecule has 1 aromatic heterocycles. The van der Waals surface area contributed by atoms with Gasteiger partial charge in [0.1, 0.15) is 11.6 Å². The van der Waals surface area contributed by atoms with Crippen molar-refractivity contribution in [2.24, 2.45) is 5.73 Å². The second-order valence-corrected chi connectivity index (χ2v) is 4.20. The molecule has 19 heavy (non-hydrogen) atoms. The molecule has 0 saturated heterocycles. The van der Waals surface area contributed by atoms with Crippen LogP contribution in [0.4, 0.5) is 5.82 Å². The van der Waals surface area contributed by atoms with Gasteiger partial charge < -0.3 is 16.2 Å². The van der Waals surface area contributed by atoms with Crippen molar-refractivity contribution >= 4 is 5.82 Å². The van der Waals surface area contributed by atoms with E-state index in [-0.39, 0.29) is 0 Å². The van der Waals surface area contributed by atoms with E-state index in [1.807, 2.05) is 18.2 Å². The third kappa shape index (κ3) is 2.66. The minimum absolute atomic E-state index is 0.332. The van der Waals surface area contributed by atoms with Gasteiger partial charge in [0.2, 0.25) is 0 Å². The fraction of sp³-hybridized carbons (Fsp3) is 0.286. The second-order valence-electron chi connectivity index (χ2n) is 4.20. The summed E-state index contributed by atoms with van der Waals surface area (Å²) in [7, 11) is 1.63. The van der Waals surface area contributed by atoms with Gasteiger partial charge in [-0.25, -0.2) is 9.97 Å². The highest BCUT2D eigenvalue weighted by Gasteiger charge is 2.11. The van der Waals surface area contributed by atoms with E-state index in [9.17, 15) is 0 Å². The number of benzene rings is 1. The second kappa shape index (κ2) is 5.67. The number of nitrogens with two attached hydrogens (primary N) is 2. The Morgan fingerprint density at radius 1 is 1.32 bits per heavy atom. The van der Waals surface area contributed by atoms with E-state index in [4.69, 9.17) is 16.2 Å². The smallest absolute Gasteiger partial charge is 0.165 e. The van der Waals surface area contributed by atoms with Gasteiger partial charge in [-0.2, -0.15) is 0 Å². The van der Waals surface area contributed by atoms with Crippen molar-refractivity contribution in [2.45, 2.75) is 19.9 Å². The molecule has 0 radical (unpaired) electrons. The number of hydrogen-bond donors (Lipinski definition) is 2. The Morgan fingerprint density at radius 2 is 2.11 bits per heavy atom. The molecule has 0 aliphatic carbocycles. The molecule has 0 bridgehead atoms. The first-order valence-electron chi connectivity index (χ1n) is 6.18. The zero-order valence-electron chi connectivity index (χ0n) is 11.2. The summed E-state index contributed by atoms with van der Waals surface area (Å²) in [5, 5.41) is 0. The fourth-order valence-electron chi connectivity index (χ4n) is 1.86. The maximum absolute atomic E-state index is 5.86. The van der Waals surface area contributed by atoms with Crippen molar-refractivity contribution in [1.82, 2.24) is 9.97 Å². The highest BCUT2D eigenvalue weighted by atomic mass is 16.5. The van der Waals surface area contributed by atoms with Crippen molar-refractivity contribution in [3.63, 3.8) is 0 Å². The summed E-state index contributed by atoms with van der Waals surface area (Å²) in [6.07, 6.45) is 2.60. The van der Waals surface area contributed by atoms with E-state index in [1.54, 1.807) is 13.3 Å². The summed E-state index contributed by atoms with van der Waals surface area (Å²) < 4.78 is 5.35. The third-order valence-corrected chi connectivity index (χ3v) is 3.03. The molecule has 0 aliphatic heterocycles. The lowest BCUT2D eigenvalue weighted by molar-refractivity contribution is 0.416. The van der Waals surface area contributed by atoms with Crippen LogP contribution >= 0.6 is 0 Å². The molecule has 5 nitrogen and oxygen atoms in total. The molecule has 4 N–H and O–H groups in total. The van der Waals surface area contributed by atoms with Crippen LogP contribution in [-0.2, 0) is 13.0 Å². The van der Waals surface area contributed by atoms with Crippen molar-refractivity contribution in [3.05, 3.63) is 35.5 Å². The van der Waals surface area contributed by atoms with Gasteiger partial charge in [-0.15, -0.1) is 0 Å². The molecular formula is C14H18N4O. The van der Waals surface area contributed by atoms with Crippen molar-refractivity contribution < 1.29 is 4.74 Å². The zero-order chi connectivity index (χ0) is 13.8. The number of anilines is 1. The summed E-state index contributed by atoms with van der Waals surface area (Å²) in [4.78, 5) is 8.62. The lowest BCUT2D eigenvalue weighted by atomic mass is 10.1. The maximum Gasteiger partial charge on any atom is 0.165 e. The molecule has 1 aromatic carbocycles. The zero-order valence-corrected chi connectivity index (χ0v) is 11.2. The summed E-state index contributed by atoms with van der Waals surface area (Å²) in [6.45, 7) is 2.43. The molecule has 100 valence electrons. The Kier molecular flexibility index (Phi) is 3.97. The lowest BCUT2D eigenvalue weighted by Crippen LogP contribution is -2.06. The maximum atomic E-state index is 5.86. The Bertz CT molecular complexity index is 584. The Hall–Kier alpha value is -2.14. The summed E-state index contributed by atoms with van der Waals surface area (Å²) in [6, 6.07) is 5.97. The van der Waals surface area contributed by atoms with Gasteiger partial charge in [-0.3, -0.25) is 0 Å². The molecular weight excluding hydrogens is 240 g/mol. The van der Waals surface area contributed by atoms with E-state index < -0.39 is 0 Å². The molecule has 0 amide bonds. The van der Waals surface area contributed by atoms with E-state index >= 15 is 0 Å². The molecule has 2 aromatic rings. The Morgan fingerprint density at radius 3 is 2.68 bits per heavy atom. The van der Waals surface area contributed by atoms with E-state index in [1.165, 1.54) is 5.56 Å². The SMILES string of the molecule is CCc1ccc(OC)c(-c2ncc(CN)c(N)n2)c1. The van der Waals surface area contributed by atoms with E-state index in [0.717, 1.165) is 23.3 Å². The molecule has 5 heteroatoms. The van der Waals surface area contributed by atoms with Crippen LogP contribution in [0.25, 0.3) is 11.4 Å². The van der Waals surface area contributed by atoms with Crippen LogP contribution in [0.3, 0.4) is 0 Å². The molecule has 0 atom stereocenters. The average Bonchev–Trinajstić information content (AvgIpc) is 2.46. The lowest BCUT2D eigenvalue weighted by Gasteiger charge is -2.10. The van der Waals surface area contributed by atoms with Crippen LogP contribution in [0.5, 0.6) is 5.75 Å². The fourth-order valence-corrected chi connectivity index (χ4v) is 1.86. The van der Waals surface area contributed by atoms with E-state index in [2.05, 4.69) is 16.9 Å². The topological polar surface area (TPSA) is 87.0 Å². The standard InChI is InChI=1S/C14H18N4O/c1-3-9-4-5-12(19-2)11(6-9)14-17-8-10(7-15)13(16)18-14/h4-6,8H,3,7,15H2,1-2H3,(H2,16,17,18). The normalized spacial score (nSPS) is 10.5. The van der Waals surface area contributed by atoms with Crippen LogP contribution in [0.15, 0.2) is 24.4 Å². The first-order chi connectivity index (χ1) is 9.19. The van der Waals surface area contributed by atoms with Crippen molar-refractivity contribution in [1.29, 1.82) is 0 Å². The number of hydrogen-bond acceptors (Lipinski definition) is 5. The number of aromatic nitrogens is 2. The number of methoxy groups -OCH3 is 1. The number of ether oxygens (including phenoxy) is 1. The van der Waals surface area contributed by atoms with Crippen LogP contribution < -0.4 is 16.2 Å². The number of nitrogen functional groups attached to an aromatic ring is 1. The summed E-state index contributed by atoms with van der Waals surface area (Å²) in [5.74, 6) is 1.70. The van der Waals surface area contributed by atoms with Crippen molar-refractivity contribution in [3.8, 4) is 17.1 Å². The molecule has 0 spiro atoms. The first kappa shape index (κ1) is 13.3. The quantitative estimate of drug-likeness (QED) is 0.872. The predicted molar refractivity (Wildman–Crippen MR) is 75.7 cm³/mol. The van der Waals surface area contributed by atoms with Gasteiger partial charge in [0.05, 0.1) is 12.7 Å². The molecule has 0 aliphatic rings. The molecule has 2 rings (SSSR count). The summed E-state index contributed by atoms with van der Waals surface area (Å²) >= 11 is 0. The monoisotopic (exact) mass is 258 g/mol. The van der Waals surface area contributed by atoms with Crippen LogP contribution in [-0.4, -0.2) is 17.1 Å². The number of aryl methyl sites for hydroxylation is 1. The molecule has 0 fully saturated rings. The highest BCUT2D eigenvalue weighted by molar-refractivity contribution is 5.66. The predicted octanol–water partition coefficient (Wildman–Crippen LogP) is 1.76. The van der Waals surface area contributed by atoms with Crippen molar-refractivity contribution in [2.75, 3.05) is 12.8 Å². The third-order valence-electron chi connectivity index (χ3n) is 3.03. The number of rotatable bonds is 4. The van der Waals surface area contributed by atoms with Gasteiger partial charge >= 0.3 is 0 Å². The van der Waals surface area contributed by atoms with Crippen LogP contribution in [0.2, 0.25) is 0 Å². The average molecular weight is 258 g/mol. The van der Waals surface area contributed by atoms with Gasteiger partial charge in [0.25, 0.3) is 0 Å². The molecule has 0 saturated carbocycles. The van der Waals surface area contributed by atoms with Crippen LogP contribution in [0, 0.1) is 0 Å². The highest BCUT2D eigenvalue weighted by Crippen LogP contribution is 2.29. The van der Waals surface area contributed by atoms with Gasteiger partial charge in [-0.05, 0) is 24.1 Å². The minimum atomic E-state index is 0.332. The van der Waals surface area contributed by atoms with Gasteiger partial charge in [0.15, 0.2) is 5.82 Å². The molecule has 1 heterocycles. The summed E-state index contributed by atoms with van der Waals surface area (Å²) in [5.41, 5.74) is 14.2. The largest absolute Gasteiger partial charge is 0.496 e. The Labute approximate surface area is 112 Å². The van der Waals surface area contributed by atoms with Crippen LogP contribution in [0.1, 0.15) is 18.1 Å². The van der Waals surface area contributed by atoms with Gasteiger partial charge in [-0.1, -0.05) is 13.0 Å². The van der Waals surface area contributed by atoms with Gasteiger partial charge in [0, 0.05) is 18.3 Å². The molecule has 0 unspecified atom stereocenters. The van der Waals surface area contributed by atoms with E-state index in [0.29, 0.717) is 18.2 Å². The number of nitrogens with zero attached hydrogens (tertiary/aromatic N) is 2. The first-order valence-corrected chi connectivity index (χ1v) is 6.18.